The van der Waals surface area contributed by atoms with E-state index >= 15 is 0 Å². The van der Waals surface area contributed by atoms with E-state index in [9.17, 15) is 13.6 Å². The van der Waals surface area contributed by atoms with E-state index in [0.717, 1.165) is 0 Å². The van der Waals surface area contributed by atoms with Crippen molar-refractivity contribution < 1.29 is 18.3 Å². The van der Waals surface area contributed by atoms with Gasteiger partial charge in [0.15, 0.2) is 5.75 Å². The van der Waals surface area contributed by atoms with Gasteiger partial charge in [0.05, 0.1) is 15.6 Å². The molecular formula is C11H12Cl2F2N2O2. The van der Waals surface area contributed by atoms with Crippen molar-refractivity contribution in [3.8, 4) is 5.75 Å². The number of alkyl halides is 2. The van der Waals surface area contributed by atoms with Gasteiger partial charge in [0.2, 0.25) is 5.91 Å². The molecule has 1 aromatic rings. The lowest BCUT2D eigenvalue weighted by molar-refractivity contribution is -0.120. The van der Waals surface area contributed by atoms with Crippen LogP contribution in [-0.2, 0) is 4.79 Å². The highest BCUT2D eigenvalue weighted by atomic mass is 35.5. The van der Waals surface area contributed by atoms with Gasteiger partial charge < -0.3 is 15.8 Å². The first kappa shape index (κ1) is 15.9. The normalized spacial score (nSPS) is 11.6. The van der Waals surface area contributed by atoms with Crippen molar-refractivity contribution in [2.75, 3.05) is 5.32 Å². The SMILES string of the molecule is CC(C)(N)C(=O)Nc1cc(Cl)c(OC(F)F)c(Cl)c1. The fourth-order valence-corrected chi connectivity index (χ4v) is 1.70. The number of benzene rings is 1. The van der Waals surface area contributed by atoms with Crippen molar-refractivity contribution in [3.05, 3.63) is 22.2 Å². The smallest absolute Gasteiger partial charge is 0.387 e. The summed E-state index contributed by atoms with van der Waals surface area (Å²) in [5, 5.41) is 2.19. The zero-order valence-electron chi connectivity index (χ0n) is 10.1. The molecule has 8 heteroatoms. The average Bonchev–Trinajstić information content (AvgIpc) is 2.21. The van der Waals surface area contributed by atoms with Gasteiger partial charge in [0.1, 0.15) is 0 Å². The van der Waals surface area contributed by atoms with Crippen molar-refractivity contribution in [2.24, 2.45) is 5.73 Å². The highest BCUT2D eigenvalue weighted by Gasteiger charge is 2.23. The van der Waals surface area contributed by atoms with Gasteiger partial charge in [0.25, 0.3) is 0 Å². The predicted octanol–water partition coefficient (Wildman–Crippen LogP) is 3.27. The Morgan fingerprint density at radius 2 is 1.84 bits per heavy atom. The number of carbonyl (C=O) groups is 1. The zero-order valence-corrected chi connectivity index (χ0v) is 11.6. The highest BCUT2D eigenvalue weighted by molar-refractivity contribution is 6.37. The fraction of sp³-hybridized carbons (Fsp3) is 0.364. The fourth-order valence-electron chi connectivity index (χ4n) is 1.13. The molecule has 19 heavy (non-hydrogen) atoms. The summed E-state index contributed by atoms with van der Waals surface area (Å²) in [4.78, 5) is 11.6. The van der Waals surface area contributed by atoms with E-state index in [1.165, 1.54) is 26.0 Å². The monoisotopic (exact) mass is 312 g/mol. The molecule has 0 saturated heterocycles. The topological polar surface area (TPSA) is 64.4 Å². The Hall–Kier alpha value is -1.11. The van der Waals surface area contributed by atoms with E-state index in [-0.39, 0.29) is 21.5 Å². The number of hydrogen-bond acceptors (Lipinski definition) is 3. The molecule has 106 valence electrons. The van der Waals surface area contributed by atoms with Crippen LogP contribution in [0.2, 0.25) is 10.0 Å². The second kappa shape index (κ2) is 5.90. The first-order chi connectivity index (χ1) is 8.61. The summed E-state index contributed by atoms with van der Waals surface area (Å²) < 4.78 is 28.4. The second-order valence-electron chi connectivity index (χ2n) is 4.32. The first-order valence-corrected chi connectivity index (χ1v) is 5.91. The Morgan fingerprint density at radius 3 is 2.21 bits per heavy atom. The number of nitrogens with one attached hydrogen (secondary N) is 1. The summed E-state index contributed by atoms with van der Waals surface area (Å²) in [6.07, 6.45) is 0. The quantitative estimate of drug-likeness (QED) is 0.896. The van der Waals surface area contributed by atoms with Crippen molar-refractivity contribution in [3.63, 3.8) is 0 Å². The largest absolute Gasteiger partial charge is 0.432 e. The number of carbonyl (C=O) groups excluding carboxylic acids is 1. The Labute approximate surface area is 118 Å². The molecule has 0 spiro atoms. The van der Waals surface area contributed by atoms with Crippen LogP contribution in [0.1, 0.15) is 13.8 Å². The van der Waals surface area contributed by atoms with Crippen molar-refractivity contribution >= 4 is 34.8 Å². The first-order valence-electron chi connectivity index (χ1n) is 5.15. The number of hydrogen-bond donors (Lipinski definition) is 2. The third kappa shape index (κ3) is 4.49. The zero-order chi connectivity index (χ0) is 14.8. The van der Waals surface area contributed by atoms with Gasteiger partial charge in [-0.05, 0) is 26.0 Å². The van der Waals surface area contributed by atoms with Crippen LogP contribution in [0.4, 0.5) is 14.5 Å². The van der Waals surface area contributed by atoms with Crippen LogP contribution in [0.25, 0.3) is 0 Å². The molecule has 1 aromatic carbocycles. The molecule has 4 nitrogen and oxygen atoms in total. The lowest BCUT2D eigenvalue weighted by Gasteiger charge is -2.18. The van der Waals surface area contributed by atoms with E-state index < -0.39 is 18.1 Å². The Kier molecular flexibility index (Phi) is 4.95. The molecule has 0 aromatic heterocycles. The molecule has 0 bridgehead atoms. The molecule has 0 radical (unpaired) electrons. The van der Waals surface area contributed by atoms with E-state index in [2.05, 4.69) is 10.1 Å². The number of halogens is 4. The standard InChI is InChI=1S/C11H12Cl2F2N2O2/c1-11(2,16)9(18)17-5-3-6(12)8(7(13)4-5)19-10(14)15/h3-4,10H,16H2,1-2H3,(H,17,18). The number of rotatable bonds is 4. The van der Waals surface area contributed by atoms with Crippen LogP contribution in [0.15, 0.2) is 12.1 Å². The summed E-state index contributed by atoms with van der Waals surface area (Å²) in [5.41, 5.74) is 4.73. The van der Waals surface area contributed by atoms with Gasteiger partial charge in [0, 0.05) is 5.69 Å². The van der Waals surface area contributed by atoms with Crippen LogP contribution in [-0.4, -0.2) is 18.1 Å². The third-order valence-electron chi connectivity index (χ3n) is 2.05. The maximum Gasteiger partial charge on any atom is 0.387 e. The number of nitrogens with two attached hydrogens (primary N) is 1. The van der Waals surface area contributed by atoms with Gasteiger partial charge in [-0.1, -0.05) is 23.2 Å². The highest BCUT2D eigenvalue weighted by Crippen LogP contribution is 2.37. The number of amides is 1. The Morgan fingerprint density at radius 1 is 1.37 bits per heavy atom. The van der Waals surface area contributed by atoms with Crippen molar-refractivity contribution in [2.45, 2.75) is 26.0 Å². The van der Waals surface area contributed by atoms with Crippen molar-refractivity contribution in [1.82, 2.24) is 0 Å². The lowest BCUT2D eigenvalue weighted by Crippen LogP contribution is -2.45. The van der Waals surface area contributed by atoms with E-state index in [1.807, 2.05) is 0 Å². The van der Waals surface area contributed by atoms with Gasteiger partial charge in [-0.3, -0.25) is 4.79 Å². The molecule has 3 N–H and O–H groups in total. The minimum atomic E-state index is -3.04. The summed E-state index contributed by atoms with van der Waals surface area (Å²) in [5.74, 6) is -0.814. The molecule has 0 saturated carbocycles. The Bertz CT molecular complexity index is 467. The van der Waals surface area contributed by atoms with Gasteiger partial charge >= 0.3 is 6.61 Å². The summed E-state index contributed by atoms with van der Waals surface area (Å²) in [6.45, 7) is -0.0157. The van der Waals surface area contributed by atoms with Crippen LogP contribution in [0.3, 0.4) is 0 Å². The minimum Gasteiger partial charge on any atom is -0.432 e. The van der Waals surface area contributed by atoms with E-state index in [0.29, 0.717) is 0 Å². The lowest BCUT2D eigenvalue weighted by atomic mass is 10.1. The molecule has 1 amide bonds. The Balaban J connectivity index is 2.98. The number of anilines is 1. The van der Waals surface area contributed by atoms with Gasteiger partial charge in [-0.2, -0.15) is 8.78 Å². The van der Waals surface area contributed by atoms with Crippen LogP contribution >= 0.6 is 23.2 Å². The summed E-state index contributed by atoms with van der Waals surface area (Å²) in [6, 6.07) is 2.49. The summed E-state index contributed by atoms with van der Waals surface area (Å²) in [7, 11) is 0. The molecule has 0 heterocycles. The second-order valence-corrected chi connectivity index (χ2v) is 5.14. The van der Waals surface area contributed by atoms with Gasteiger partial charge in [-0.15, -0.1) is 0 Å². The maximum absolute atomic E-state index is 12.1. The van der Waals surface area contributed by atoms with Crippen LogP contribution in [0.5, 0.6) is 5.75 Å². The molecule has 0 aliphatic carbocycles. The molecule has 0 aliphatic rings. The molecule has 0 aliphatic heterocycles. The molecule has 0 atom stereocenters. The van der Waals surface area contributed by atoms with Gasteiger partial charge in [-0.25, -0.2) is 0 Å². The molecule has 0 unspecified atom stereocenters. The summed E-state index contributed by atoms with van der Waals surface area (Å²) >= 11 is 11.5. The third-order valence-corrected chi connectivity index (χ3v) is 2.61. The average molecular weight is 313 g/mol. The molecular weight excluding hydrogens is 301 g/mol. The van der Waals surface area contributed by atoms with E-state index in [1.54, 1.807) is 0 Å². The maximum atomic E-state index is 12.1. The van der Waals surface area contributed by atoms with Crippen molar-refractivity contribution in [1.29, 1.82) is 0 Å². The van der Waals surface area contributed by atoms with E-state index in [4.69, 9.17) is 28.9 Å². The van der Waals surface area contributed by atoms with Crippen LogP contribution in [0, 0.1) is 0 Å². The van der Waals surface area contributed by atoms with Crippen LogP contribution < -0.4 is 15.8 Å². The number of ether oxygens (including phenoxy) is 1. The molecule has 1 rings (SSSR count). The predicted molar refractivity (Wildman–Crippen MR) is 70.0 cm³/mol. The minimum absolute atomic E-state index is 0.141. The molecule has 0 fully saturated rings.